The fourth-order valence-corrected chi connectivity index (χ4v) is 1.93. The zero-order chi connectivity index (χ0) is 15.9. The molecule has 0 aliphatic carbocycles. The summed E-state index contributed by atoms with van der Waals surface area (Å²) in [5.41, 5.74) is 0.718. The molecule has 0 unspecified atom stereocenters. The maximum atomic E-state index is 11.9. The minimum atomic E-state index is -0.466. The lowest BCUT2D eigenvalue weighted by atomic mass is 10.2. The van der Waals surface area contributed by atoms with Crippen LogP contribution in [0.25, 0.3) is 0 Å². The lowest BCUT2D eigenvalue weighted by Gasteiger charge is -2.08. The first-order valence-electron chi connectivity index (χ1n) is 6.74. The van der Waals surface area contributed by atoms with E-state index in [-0.39, 0.29) is 17.9 Å². The number of carbonyl (C=O) groups is 2. The van der Waals surface area contributed by atoms with E-state index >= 15 is 0 Å². The molecule has 1 aromatic carbocycles. The van der Waals surface area contributed by atoms with Gasteiger partial charge in [0, 0.05) is 30.9 Å². The molecule has 114 valence electrons. The van der Waals surface area contributed by atoms with E-state index in [4.69, 9.17) is 0 Å². The van der Waals surface area contributed by atoms with Gasteiger partial charge in [0.25, 0.3) is 5.56 Å². The Morgan fingerprint density at radius 2 is 2.00 bits per heavy atom. The van der Waals surface area contributed by atoms with Gasteiger partial charge in [0.2, 0.25) is 5.91 Å². The molecule has 6 nitrogen and oxygen atoms in total. The lowest BCUT2D eigenvalue weighted by Crippen LogP contribution is -2.21. The Morgan fingerprint density at radius 3 is 2.73 bits per heavy atom. The summed E-state index contributed by atoms with van der Waals surface area (Å²) in [5.74, 6) is -0.704. The zero-order valence-electron chi connectivity index (χ0n) is 12.1. The van der Waals surface area contributed by atoms with Gasteiger partial charge in [-0.3, -0.25) is 9.59 Å². The number of methoxy groups -OCH3 is 1. The van der Waals surface area contributed by atoms with Crippen LogP contribution in [0.3, 0.4) is 0 Å². The molecule has 2 aromatic rings. The SMILES string of the molecule is COC(=O)c1cccc(NC(=O)CCn2ccccc2=O)c1. The third kappa shape index (κ3) is 4.05. The van der Waals surface area contributed by atoms with Gasteiger partial charge in [0.15, 0.2) is 0 Å². The van der Waals surface area contributed by atoms with E-state index in [9.17, 15) is 14.4 Å². The molecule has 1 amide bonds. The first-order chi connectivity index (χ1) is 10.6. The van der Waals surface area contributed by atoms with E-state index in [0.29, 0.717) is 17.8 Å². The third-order valence-electron chi connectivity index (χ3n) is 3.05. The normalized spacial score (nSPS) is 10.0. The summed E-state index contributed by atoms with van der Waals surface area (Å²) in [5, 5.41) is 2.69. The zero-order valence-corrected chi connectivity index (χ0v) is 12.1. The van der Waals surface area contributed by atoms with Crippen LogP contribution in [0, 0.1) is 0 Å². The third-order valence-corrected chi connectivity index (χ3v) is 3.05. The number of aromatic nitrogens is 1. The number of anilines is 1. The molecule has 1 N–H and O–H groups in total. The number of ether oxygens (including phenoxy) is 1. The van der Waals surface area contributed by atoms with Gasteiger partial charge in [-0.2, -0.15) is 0 Å². The molecule has 0 saturated heterocycles. The van der Waals surface area contributed by atoms with E-state index in [1.165, 1.54) is 17.7 Å². The van der Waals surface area contributed by atoms with Gasteiger partial charge < -0.3 is 14.6 Å². The smallest absolute Gasteiger partial charge is 0.337 e. The van der Waals surface area contributed by atoms with Gasteiger partial charge in [-0.1, -0.05) is 12.1 Å². The van der Waals surface area contributed by atoms with E-state index in [1.807, 2.05) is 0 Å². The molecule has 0 aliphatic heterocycles. The Kier molecular flexibility index (Phi) is 5.08. The van der Waals surface area contributed by atoms with Crippen LogP contribution >= 0.6 is 0 Å². The van der Waals surface area contributed by atoms with Crippen LogP contribution in [0.15, 0.2) is 53.5 Å². The number of hydrogen-bond donors (Lipinski definition) is 1. The van der Waals surface area contributed by atoms with Crippen molar-refractivity contribution in [2.45, 2.75) is 13.0 Å². The van der Waals surface area contributed by atoms with E-state index in [2.05, 4.69) is 10.1 Å². The fraction of sp³-hybridized carbons (Fsp3) is 0.188. The van der Waals surface area contributed by atoms with Crippen molar-refractivity contribution in [1.29, 1.82) is 0 Å². The maximum absolute atomic E-state index is 11.9. The Balaban J connectivity index is 1.96. The van der Waals surface area contributed by atoms with Gasteiger partial charge in [0.1, 0.15) is 0 Å². The highest BCUT2D eigenvalue weighted by Crippen LogP contribution is 2.12. The van der Waals surface area contributed by atoms with Crippen LogP contribution < -0.4 is 10.9 Å². The van der Waals surface area contributed by atoms with Crippen molar-refractivity contribution in [2.24, 2.45) is 0 Å². The lowest BCUT2D eigenvalue weighted by molar-refractivity contribution is -0.116. The van der Waals surface area contributed by atoms with Crippen molar-refractivity contribution in [3.05, 3.63) is 64.6 Å². The molecule has 0 atom stereocenters. The van der Waals surface area contributed by atoms with Crippen LogP contribution in [-0.4, -0.2) is 23.6 Å². The van der Waals surface area contributed by atoms with Crippen LogP contribution in [-0.2, 0) is 16.1 Å². The van der Waals surface area contributed by atoms with Crippen molar-refractivity contribution < 1.29 is 14.3 Å². The molecular formula is C16H16N2O4. The van der Waals surface area contributed by atoms with Gasteiger partial charge in [-0.15, -0.1) is 0 Å². The van der Waals surface area contributed by atoms with E-state index in [1.54, 1.807) is 42.6 Å². The Hall–Kier alpha value is -2.89. The van der Waals surface area contributed by atoms with Crippen LogP contribution in [0.2, 0.25) is 0 Å². The highest BCUT2D eigenvalue weighted by atomic mass is 16.5. The molecule has 6 heteroatoms. The van der Waals surface area contributed by atoms with Crippen molar-refractivity contribution in [2.75, 3.05) is 12.4 Å². The van der Waals surface area contributed by atoms with Crippen molar-refractivity contribution in [1.82, 2.24) is 4.57 Å². The van der Waals surface area contributed by atoms with Gasteiger partial charge in [0.05, 0.1) is 12.7 Å². The molecule has 0 saturated carbocycles. The first kappa shape index (κ1) is 15.5. The number of aryl methyl sites for hydroxylation is 1. The van der Waals surface area contributed by atoms with Crippen molar-refractivity contribution >= 4 is 17.6 Å². The molecule has 0 spiro atoms. The molecule has 0 bridgehead atoms. The summed E-state index contributed by atoms with van der Waals surface area (Å²) in [6, 6.07) is 11.3. The molecule has 0 fully saturated rings. The van der Waals surface area contributed by atoms with Gasteiger partial charge in [-0.05, 0) is 24.3 Å². The average Bonchev–Trinajstić information content (AvgIpc) is 2.53. The van der Waals surface area contributed by atoms with E-state index < -0.39 is 5.97 Å². The molecule has 0 radical (unpaired) electrons. The summed E-state index contributed by atoms with van der Waals surface area (Å²) in [6.45, 7) is 0.294. The van der Waals surface area contributed by atoms with Crippen LogP contribution in [0.5, 0.6) is 0 Å². The van der Waals surface area contributed by atoms with Crippen LogP contribution in [0.1, 0.15) is 16.8 Å². The minimum absolute atomic E-state index is 0.150. The molecule has 2 rings (SSSR count). The minimum Gasteiger partial charge on any atom is -0.465 e. The van der Waals surface area contributed by atoms with Crippen LogP contribution in [0.4, 0.5) is 5.69 Å². The summed E-state index contributed by atoms with van der Waals surface area (Å²) >= 11 is 0. The van der Waals surface area contributed by atoms with Gasteiger partial charge in [-0.25, -0.2) is 4.79 Å². The second kappa shape index (κ2) is 7.21. The second-order valence-electron chi connectivity index (χ2n) is 4.60. The van der Waals surface area contributed by atoms with Crippen molar-refractivity contribution in [3.8, 4) is 0 Å². The predicted molar refractivity (Wildman–Crippen MR) is 81.7 cm³/mol. The number of nitrogens with one attached hydrogen (secondary N) is 1. The average molecular weight is 300 g/mol. The largest absolute Gasteiger partial charge is 0.465 e. The molecule has 1 heterocycles. The Bertz CT molecular complexity index is 737. The Morgan fingerprint density at radius 1 is 1.18 bits per heavy atom. The monoisotopic (exact) mass is 300 g/mol. The highest BCUT2D eigenvalue weighted by Gasteiger charge is 2.08. The number of esters is 1. The number of benzene rings is 1. The maximum Gasteiger partial charge on any atom is 0.337 e. The van der Waals surface area contributed by atoms with E-state index in [0.717, 1.165) is 0 Å². The number of hydrogen-bond acceptors (Lipinski definition) is 4. The summed E-state index contributed by atoms with van der Waals surface area (Å²) in [4.78, 5) is 34.9. The quantitative estimate of drug-likeness (QED) is 0.852. The number of amides is 1. The second-order valence-corrected chi connectivity index (χ2v) is 4.60. The summed E-state index contributed by atoms with van der Waals surface area (Å²) in [7, 11) is 1.30. The number of pyridine rings is 1. The summed E-state index contributed by atoms with van der Waals surface area (Å²) in [6.07, 6.45) is 1.79. The fourth-order valence-electron chi connectivity index (χ4n) is 1.93. The summed E-state index contributed by atoms with van der Waals surface area (Å²) < 4.78 is 6.09. The number of nitrogens with zero attached hydrogens (tertiary/aromatic N) is 1. The predicted octanol–water partition coefficient (Wildman–Crippen LogP) is 1.66. The molecule has 22 heavy (non-hydrogen) atoms. The number of rotatable bonds is 5. The molecule has 0 aliphatic rings. The highest BCUT2D eigenvalue weighted by molar-refractivity contribution is 5.94. The number of carbonyl (C=O) groups excluding carboxylic acids is 2. The van der Waals surface area contributed by atoms with Gasteiger partial charge >= 0.3 is 5.97 Å². The Labute approximate surface area is 127 Å². The topological polar surface area (TPSA) is 77.4 Å². The standard InChI is InChI=1S/C16H16N2O4/c1-22-16(21)12-5-4-6-13(11-12)17-14(19)8-10-18-9-3-2-7-15(18)20/h2-7,9,11H,8,10H2,1H3,(H,17,19). The van der Waals surface area contributed by atoms with Crippen molar-refractivity contribution in [3.63, 3.8) is 0 Å². The first-order valence-corrected chi connectivity index (χ1v) is 6.74. The molecular weight excluding hydrogens is 284 g/mol. The molecule has 1 aromatic heterocycles.